The van der Waals surface area contributed by atoms with Crippen molar-refractivity contribution in [1.29, 1.82) is 0 Å². The average molecular weight is 310 g/mol. The number of unbranched alkanes of at least 4 members (excludes halogenated alkanes) is 4. The van der Waals surface area contributed by atoms with E-state index in [4.69, 9.17) is 4.74 Å². The molecule has 0 spiro atoms. The molecule has 14 heavy (non-hydrogen) atoms. The molecule has 0 aliphatic rings. The molecule has 0 atom stereocenters. The summed E-state index contributed by atoms with van der Waals surface area (Å²) in [5.41, 5.74) is 0. The zero-order chi connectivity index (χ0) is 10.6. The number of hydrogen-bond acceptors (Lipinski definition) is 2. The van der Waals surface area contributed by atoms with Crippen molar-refractivity contribution < 1.29 is 9.53 Å². The van der Waals surface area contributed by atoms with Crippen LogP contribution in [-0.2, 0) is 9.53 Å². The van der Waals surface area contributed by atoms with Gasteiger partial charge in [0.2, 0.25) is 0 Å². The van der Waals surface area contributed by atoms with Crippen LogP contribution in [0.5, 0.6) is 0 Å². The molecule has 3 heteroatoms. The van der Waals surface area contributed by atoms with E-state index in [2.05, 4.69) is 32.7 Å². The maximum absolute atomic E-state index is 10.9. The summed E-state index contributed by atoms with van der Waals surface area (Å²) in [5.74, 6) is -0.0559. The molecule has 0 amide bonds. The van der Waals surface area contributed by atoms with Gasteiger partial charge in [0.1, 0.15) is 0 Å². The molecule has 0 aromatic heterocycles. The Morgan fingerprint density at radius 1 is 1.29 bits per heavy atom. The first-order chi connectivity index (χ1) is 6.81. The third kappa shape index (κ3) is 10.0. The Kier molecular flexibility index (Phi) is 11.0. The fraction of sp³-hybridized carbons (Fsp3) is 0.727. The van der Waals surface area contributed by atoms with Crippen LogP contribution in [0.2, 0.25) is 0 Å². The Bertz CT molecular complexity index is 167. The number of hydrogen-bond donors (Lipinski definition) is 0. The lowest BCUT2D eigenvalue weighted by atomic mass is 10.1. The molecule has 0 bridgehead atoms. The van der Waals surface area contributed by atoms with E-state index in [0.29, 0.717) is 13.0 Å². The predicted octanol–water partition coefficient (Wildman–Crippen LogP) is 3.84. The van der Waals surface area contributed by atoms with Gasteiger partial charge in [0.05, 0.1) is 6.61 Å². The van der Waals surface area contributed by atoms with Gasteiger partial charge in [-0.1, -0.05) is 41.5 Å². The minimum Gasteiger partial charge on any atom is -0.466 e. The van der Waals surface area contributed by atoms with Gasteiger partial charge in [0, 0.05) is 6.42 Å². The van der Waals surface area contributed by atoms with E-state index in [1.165, 1.54) is 12.8 Å². The first-order valence-corrected chi connectivity index (χ1v) is 6.46. The SMILES string of the molecule is CCOC(=O)CCCCCC/C=C\I. The minimum absolute atomic E-state index is 0.0559. The third-order valence-corrected chi connectivity index (χ3v) is 2.40. The van der Waals surface area contributed by atoms with Gasteiger partial charge in [0.25, 0.3) is 0 Å². The van der Waals surface area contributed by atoms with Crippen molar-refractivity contribution in [1.82, 2.24) is 0 Å². The highest BCUT2D eigenvalue weighted by Gasteiger charge is 1.99. The summed E-state index contributed by atoms with van der Waals surface area (Å²) >= 11 is 2.23. The Morgan fingerprint density at radius 2 is 2.00 bits per heavy atom. The van der Waals surface area contributed by atoms with Crippen molar-refractivity contribution >= 4 is 28.6 Å². The van der Waals surface area contributed by atoms with Gasteiger partial charge in [-0.25, -0.2) is 0 Å². The molecule has 0 heterocycles. The van der Waals surface area contributed by atoms with E-state index in [0.717, 1.165) is 19.3 Å². The highest BCUT2D eigenvalue weighted by molar-refractivity contribution is 14.1. The van der Waals surface area contributed by atoms with Crippen LogP contribution in [0.1, 0.15) is 45.4 Å². The van der Waals surface area contributed by atoms with E-state index in [9.17, 15) is 4.79 Å². The van der Waals surface area contributed by atoms with Gasteiger partial charge < -0.3 is 4.74 Å². The second kappa shape index (κ2) is 11.0. The van der Waals surface area contributed by atoms with Crippen LogP contribution >= 0.6 is 22.6 Å². The summed E-state index contributed by atoms with van der Waals surface area (Å²) in [6, 6.07) is 0. The summed E-state index contributed by atoms with van der Waals surface area (Å²) < 4.78 is 6.89. The number of carbonyl (C=O) groups excluding carboxylic acids is 1. The van der Waals surface area contributed by atoms with E-state index in [1.807, 2.05) is 6.92 Å². The molecule has 0 fully saturated rings. The molecule has 0 radical (unpaired) electrons. The zero-order valence-corrected chi connectivity index (χ0v) is 11.0. The first kappa shape index (κ1) is 13.9. The van der Waals surface area contributed by atoms with Crippen molar-refractivity contribution in [3.8, 4) is 0 Å². The predicted molar refractivity (Wildman–Crippen MR) is 67.5 cm³/mol. The molecule has 0 aromatic carbocycles. The average Bonchev–Trinajstić information content (AvgIpc) is 2.17. The van der Waals surface area contributed by atoms with E-state index in [-0.39, 0.29) is 5.97 Å². The summed E-state index contributed by atoms with van der Waals surface area (Å²) in [6.07, 6.45) is 8.44. The van der Waals surface area contributed by atoms with E-state index in [1.54, 1.807) is 0 Å². The number of allylic oxidation sites excluding steroid dienone is 1. The van der Waals surface area contributed by atoms with Crippen molar-refractivity contribution in [2.75, 3.05) is 6.61 Å². The fourth-order valence-electron chi connectivity index (χ4n) is 1.18. The molecule has 0 saturated heterocycles. The molecule has 0 N–H and O–H groups in total. The summed E-state index contributed by atoms with van der Waals surface area (Å²) in [4.78, 5) is 10.9. The van der Waals surface area contributed by atoms with Crippen LogP contribution in [0, 0.1) is 0 Å². The maximum Gasteiger partial charge on any atom is 0.305 e. The van der Waals surface area contributed by atoms with Crippen molar-refractivity contribution in [2.45, 2.75) is 45.4 Å². The molecule has 0 aromatic rings. The first-order valence-electron chi connectivity index (χ1n) is 5.22. The molecular formula is C11H19IO2. The van der Waals surface area contributed by atoms with Gasteiger partial charge in [-0.15, -0.1) is 0 Å². The van der Waals surface area contributed by atoms with Crippen LogP contribution < -0.4 is 0 Å². The highest BCUT2D eigenvalue weighted by atomic mass is 127. The fourth-order valence-corrected chi connectivity index (χ4v) is 1.54. The smallest absolute Gasteiger partial charge is 0.305 e. The second-order valence-electron chi connectivity index (χ2n) is 3.12. The Balaban J connectivity index is 3.09. The summed E-state index contributed by atoms with van der Waals surface area (Å²) in [7, 11) is 0. The maximum atomic E-state index is 10.9. The third-order valence-electron chi connectivity index (χ3n) is 1.90. The lowest BCUT2D eigenvalue weighted by Gasteiger charge is -2.01. The summed E-state index contributed by atoms with van der Waals surface area (Å²) in [6.45, 7) is 2.34. The number of ether oxygens (including phenoxy) is 1. The number of rotatable bonds is 8. The van der Waals surface area contributed by atoms with E-state index < -0.39 is 0 Å². The highest BCUT2D eigenvalue weighted by Crippen LogP contribution is 2.07. The Hall–Kier alpha value is -0.0600. The zero-order valence-electron chi connectivity index (χ0n) is 8.80. The monoisotopic (exact) mass is 310 g/mol. The molecule has 0 unspecified atom stereocenters. The number of halogens is 1. The van der Waals surface area contributed by atoms with Gasteiger partial charge in [-0.05, 0) is 30.3 Å². The van der Waals surface area contributed by atoms with Crippen LogP contribution in [0.25, 0.3) is 0 Å². The van der Waals surface area contributed by atoms with E-state index >= 15 is 0 Å². The molecule has 0 aliphatic heterocycles. The number of carbonyl (C=O) groups is 1. The van der Waals surface area contributed by atoms with Crippen LogP contribution in [0.3, 0.4) is 0 Å². The van der Waals surface area contributed by atoms with Gasteiger partial charge >= 0.3 is 5.97 Å². The molecule has 0 aliphatic carbocycles. The van der Waals surface area contributed by atoms with Crippen molar-refractivity contribution in [3.05, 3.63) is 10.2 Å². The van der Waals surface area contributed by atoms with Crippen molar-refractivity contribution in [3.63, 3.8) is 0 Å². The second-order valence-corrected chi connectivity index (χ2v) is 3.84. The minimum atomic E-state index is -0.0559. The summed E-state index contributed by atoms with van der Waals surface area (Å²) in [5, 5.41) is 0. The molecular weight excluding hydrogens is 291 g/mol. The van der Waals surface area contributed by atoms with Crippen LogP contribution in [0.15, 0.2) is 10.2 Å². The Labute approximate surface area is 100 Å². The molecule has 82 valence electrons. The lowest BCUT2D eigenvalue weighted by molar-refractivity contribution is -0.143. The topological polar surface area (TPSA) is 26.3 Å². The standard InChI is InChI=1S/C11H19IO2/c1-2-14-11(13)9-7-5-3-4-6-8-10-12/h8,10H,2-7,9H2,1H3/b10-8-. The van der Waals surface area contributed by atoms with Crippen LogP contribution in [0.4, 0.5) is 0 Å². The Morgan fingerprint density at radius 3 is 2.64 bits per heavy atom. The van der Waals surface area contributed by atoms with Crippen LogP contribution in [-0.4, -0.2) is 12.6 Å². The molecule has 0 rings (SSSR count). The molecule has 2 nitrogen and oxygen atoms in total. The van der Waals surface area contributed by atoms with Gasteiger partial charge in [0.15, 0.2) is 0 Å². The van der Waals surface area contributed by atoms with Crippen molar-refractivity contribution in [2.24, 2.45) is 0 Å². The normalized spacial score (nSPS) is 10.7. The quantitative estimate of drug-likeness (QED) is 0.387. The largest absolute Gasteiger partial charge is 0.466 e. The lowest BCUT2D eigenvalue weighted by Crippen LogP contribution is -2.02. The number of esters is 1. The molecule has 0 saturated carbocycles. The van der Waals surface area contributed by atoms with Gasteiger partial charge in [-0.2, -0.15) is 0 Å². The van der Waals surface area contributed by atoms with Gasteiger partial charge in [-0.3, -0.25) is 4.79 Å².